The van der Waals surface area contributed by atoms with E-state index in [2.05, 4.69) is 22.5 Å². The Kier molecular flexibility index (Phi) is 4.60. The van der Waals surface area contributed by atoms with Gasteiger partial charge in [-0.05, 0) is 80.1 Å². The van der Waals surface area contributed by atoms with E-state index in [0.717, 1.165) is 33.9 Å². The van der Waals surface area contributed by atoms with Crippen molar-refractivity contribution >= 4 is 44.9 Å². The molecular weight excluding hydrogens is 404 g/mol. The van der Waals surface area contributed by atoms with E-state index in [1.165, 1.54) is 24.0 Å². The number of fused-ring (bicyclic) bond motifs is 2. The van der Waals surface area contributed by atoms with Gasteiger partial charge in [0.25, 0.3) is 5.91 Å². The summed E-state index contributed by atoms with van der Waals surface area (Å²) in [5, 5.41) is 8.86. The second-order valence-corrected chi connectivity index (χ2v) is 8.78. The van der Waals surface area contributed by atoms with Gasteiger partial charge in [0.05, 0.1) is 15.9 Å². The summed E-state index contributed by atoms with van der Waals surface area (Å²) >= 11 is 7.51. The average molecular weight is 423 g/mol. The van der Waals surface area contributed by atoms with Crippen LogP contribution < -0.4 is 5.32 Å². The molecule has 29 heavy (non-hydrogen) atoms. The number of anilines is 1. The highest BCUT2D eigenvalue weighted by molar-refractivity contribution is 7.20. The first kappa shape index (κ1) is 18.3. The Balaban J connectivity index is 1.50. The van der Waals surface area contributed by atoms with Crippen molar-refractivity contribution in [2.75, 3.05) is 5.32 Å². The molecule has 146 valence electrons. The van der Waals surface area contributed by atoms with Gasteiger partial charge in [-0.3, -0.25) is 4.79 Å². The highest BCUT2D eigenvalue weighted by Crippen LogP contribution is 2.32. The third-order valence-electron chi connectivity index (χ3n) is 5.20. The summed E-state index contributed by atoms with van der Waals surface area (Å²) in [7, 11) is 0. The molecule has 0 atom stereocenters. The molecule has 5 rings (SSSR count). The van der Waals surface area contributed by atoms with E-state index in [1.54, 1.807) is 40.3 Å². The number of hydrogen-bond acceptors (Lipinski definition) is 4. The van der Waals surface area contributed by atoms with Gasteiger partial charge in [0, 0.05) is 16.7 Å². The molecular formula is C22H19ClN4OS. The molecule has 0 spiro atoms. The number of aromatic nitrogens is 3. The van der Waals surface area contributed by atoms with Gasteiger partial charge in [-0.1, -0.05) is 22.9 Å². The summed E-state index contributed by atoms with van der Waals surface area (Å²) in [6.45, 7) is 1.90. The molecule has 2 aromatic carbocycles. The van der Waals surface area contributed by atoms with E-state index < -0.39 is 0 Å². The molecule has 5 nitrogen and oxygen atoms in total. The Bertz CT molecular complexity index is 1180. The molecule has 4 aromatic rings. The number of benzene rings is 2. The van der Waals surface area contributed by atoms with E-state index in [-0.39, 0.29) is 5.91 Å². The number of hydrogen-bond donors (Lipinski definition) is 1. The summed E-state index contributed by atoms with van der Waals surface area (Å²) in [6.07, 6.45) is 4.77. The van der Waals surface area contributed by atoms with E-state index in [9.17, 15) is 4.79 Å². The number of carbonyl (C=O) groups is 1. The van der Waals surface area contributed by atoms with Crippen LogP contribution in [0.1, 0.15) is 40.0 Å². The fourth-order valence-electron chi connectivity index (χ4n) is 3.76. The van der Waals surface area contributed by atoms with Crippen LogP contribution in [0.5, 0.6) is 0 Å². The van der Waals surface area contributed by atoms with Gasteiger partial charge in [0.15, 0.2) is 0 Å². The zero-order valence-corrected chi connectivity index (χ0v) is 17.5. The van der Waals surface area contributed by atoms with Crippen LogP contribution in [0.25, 0.3) is 15.3 Å². The summed E-state index contributed by atoms with van der Waals surface area (Å²) in [5.74, 6) is 0.394. The maximum Gasteiger partial charge on any atom is 0.256 e. The van der Waals surface area contributed by atoms with Crippen molar-refractivity contribution in [3.63, 3.8) is 0 Å². The predicted octanol–water partition coefficient (Wildman–Crippen LogP) is 5.57. The zero-order chi connectivity index (χ0) is 20.0. The number of nitrogens with zero attached hydrogens (tertiary/aromatic N) is 3. The average Bonchev–Trinajstić information content (AvgIpc) is 3.28. The zero-order valence-electron chi connectivity index (χ0n) is 15.9. The van der Waals surface area contributed by atoms with Crippen LogP contribution in [0.15, 0.2) is 42.5 Å². The largest absolute Gasteiger partial charge is 0.306 e. The molecule has 2 heterocycles. The first-order chi connectivity index (χ1) is 14.1. The number of carbonyl (C=O) groups excluding carboxylic acids is 1. The van der Waals surface area contributed by atoms with Gasteiger partial charge in [-0.15, -0.1) is 0 Å². The van der Waals surface area contributed by atoms with Crippen molar-refractivity contribution in [1.29, 1.82) is 0 Å². The summed E-state index contributed by atoms with van der Waals surface area (Å²) < 4.78 is 2.87. The van der Waals surface area contributed by atoms with Crippen LogP contribution in [-0.4, -0.2) is 20.7 Å². The Morgan fingerprint density at radius 2 is 1.83 bits per heavy atom. The quantitative estimate of drug-likeness (QED) is 0.469. The third-order valence-corrected chi connectivity index (χ3v) is 6.45. The van der Waals surface area contributed by atoms with Crippen molar-refractivity contribution in [2.24, 2.45) is 0 Å². The van der Waals surface area contributed by atoms with Gasteiger partial charge < -0.3 is 5.32 Å². The van der Waals surface area contributed by atoms with E-state index in [0.29, 0.717) is 16.4 Å². The van der Waals surface area contributed by atoms with Gasteiger partial charge in [0.1, 0.15) is 5.82 Å². The number of aryl methyl sites for hydroxylation is 3. The van der Waals surface area contributed by atoms with Crippen molar-refractivity contribution in [2.45, 2.75) is 32.6 Å². The lowest BCUT2D eigenvalue weighted by Gasteiger charge is -2.14. The topological polar surface area (TPSA) is 59.8 Å². The molecule has 2 aromatic heterocycles. The lowest BCUT2D eigenvalue weighted by atomic mass is 9.92. The normalized spacial score (nSPS) is 13.4. The van der Waals surface area contributed by atoms with Gasteiger partial charge in [0.2, 0.25) is 5.13 Å². The Morgan fingerprint density at radius 3 is 2.59 bits per heavy atom. The summed E-state index contributed by atoms with van der Waals surface area (Å²) in [5.41, 5.74) is 5.20. The van der Waals surface area contributed by atoms with Crippen LogP contribution in [0, 0.1) is 6.92 Å². The molecule has 1 aliphatic carbocycles. The molecule has 1 amide bonds. The molecule has 0 aliphatic heterocycles. The molecule has 0 fully saturated rings. The SMILES string of the molecule is Cc1cc(NC(=O)c2ccc(Cl)cc2)n(-c2nc3cc4c(cc3s2)CCCC4)n1. The maximum atomic E-state index is 12.7. The number of thiazole rings is 1. The van der Waals surface area contributed by atoms with Crippen molar-refractivity contribution in [1.82, 2.24) is 14.8 Å². The molecule has 1 aliphatic rings. The lowest BCUT2D eigenvalue weighted by molar-refractivity contribution is 0.102. The fourth-order valence-corrected chi connectivity index (χ4v) is 4.86. The van der Waals surface area contributed by atoms with Gasteiger partial charge >= 0.3 is 0 Å². The molecule has 7 heteroatoms. The first-order valence-corrected chi connectivity index (χ1v) is 10.8. The maximum absolute atomic E-state index is 12.7. The van der Waals surface area contributed by atoms with Crippen molar-refractivity contribution in [3.05, 3.63) is 69.9 Å². The Morgan fingerprint density at radius 1 is 1.10 bits per heavy atom. The minimum Gasteiger partial charge on any atom is -0.306 e. The Hall–Kier alpha value is -2.70. The van der Waals surface area contributed by atoms with Crippen LogP contribution in [0.2, 0.25) is 5.02 Å². The number of nitrogens with one attached hydrogen (secondary N) is 1. The minimum absolute atomic E-state index is 0.209. The lowest BCUT2D eigenvalue weighted by Crippen LogP contribution is -2.15. The van der Waals surface area contributed by atoms with Crippen LogP contribution in [0.4, 0.5) is 5.82 Å². The van der Waals surface area contributed by atoms with Gasteiger partial charge in [-0.25, -0.2) is 4.98 Å². The van der Waals surface area contributed by atoms with Crippen LogP contribution >= 0.6 is 22.9 Å². The fraction of sp³-hybridized carbons (Fsp3) is 0.227. The van der Waals surface area contributed by atoms with Gasteiger partial charge in [-0.2, -0.15) is 9.78 Å². The molecule has 0 radical (unpaired) electrons. The highest BCUT2D eigenvalue weighted by Gasteiger charge is 2.17. The number of amides is 1. The summed E-state index contributed by atoms with van der Waals surface area (Å²) in [6, 6.07) is 13.1. The second kappa shape index (κ2) is 7.28. The van der Waals surface area contributed by atoms with Crippen molar-refractivity contribution in [3.8, 4) is 5.13 Å². The van der Waals surface area contributed by atoms with Crippen LogP contribution in [-0.2, 0) is 12.8 Å². The van der Waals surface area contributed by atoms with Crippen molar-refractivity contribution < 1.29 is 4.79 Å². The minimum atomic E-state index is -0.209. The third kappa shape index (κ3) is 3.54. The monoisotopic (exact) mass is 422 g/mol. The molecule has 0 bridgehead atoms. The van der Waals surface area contributed by atoms with Crippen LogP contribution in [0.3, 0.4) is 0 Å². The second-order valence-electron chi connectivity index (χ2n) is 7.34. The van der Waals surface area contributed by atoms with E-state index in [1.807, 2.05) is 13.0 Å². The molecule has 0 unspecified atom stereocenters. The smallest absolute Gasteiger partial charge is 0.256 e. The first-order valence-electron chi connectivity index (χ1n) is 9.63. The Labute approximate surface area is 177 Å². The summed E-state index contributed by atoms with van der Waals surface area (Å²) in [4.78, 5) is 17.5. The van der Waals surface area contributed by atoms with E-state index >= 15 is 0 Å². The standard InChI is InChI=1S/C22H19ClN4OS/c1-13-10-20(25-21(28)14-6-8-17(23)9-7-14)27(26-13)22-24-18-11-15-4-2-3-5-16(15)12-19(18)29-22/h6-12H,2-5H2,1H3,(H,25,28). The highest BCUT2D eigenvalue weighted by atomic mass is 35.5. The number of rotatable bonds is 3. The molecule has 0 saturated carbocycles. The number of halogens is 1. The molecule has 1 N–H and O–H groups in total. The van der Waals surface area contributed by atoms with E-state index in [4.69, 9.17) is 16.6 Å². The molecule has 0 saturated heterocycles. The predicted molar refractivity (Wildman–Crippen MR) is 118 cm³/mol.